The molecule has 0 aliphatic carbocycles. The number of aromatic nitrogens is 1. The lowest BCUT2D eigenvalue weighted by atomic mass is 9.78. The normalized spacial score (nSPS) is 12.7. The van der Waals surface area contributed by atoms with E-state index in [1.54, 1.807) is 18.2 Å². The number of para-hydroxylation sites is 1. The van der Waals surface area contributed by atoms with Crippen LogP contribution in [0.15, 0.2) is 34.7 Å². The van der Waals surface area contributed by atoms with Crippen LogP contribution in [0.25, 0.3) is 22.6 Å². The fourth-order valence-corrected chi connectivity index (χ4v) is 2.96. The Morgan fingerprint density at radius 1 is 0.880 bits per heavy atom. The van der Waals surface area contributed by atoms with E-state index < -0.39 is 0 Å². The summed E-state index contributed by atoms with van der Waals surface area (Å²) >= 11 is 0. The van der Waals surface area contributed by atoms with Gasteiger partial charge in [0.25, 0.3) is 0 Å². The van der Waals surface area contributed by atoms with Gasteiger partial charge in [-0.3, -0.25) is 0 Å². The van der Waals surface area contributed by atoms with Gasteiger partial charge < -0.3 is 14.6 Å². The quantitative estimate of drug-likeness (QED) is 0.614. The molecule has 0 radical (unpaired) electrons. The van der Waals surface area contributed by atoms with Gasteiger partial charge in [0.2, 0.25) is 5.89 Å². The molecule has 0 fully saturated rings. The third kappa shape index (κ3) is 3.09. The minimum absolute atomic E-state index is 0.0957. The highest BCUT2D eigenvalue weighted by atomic mass is 16.3. The molecule has 25 heavy (non-hydrogen) atoms. The molecule has 0 spiro atoms. The van der Waals surface area contributed by atoms with E-state index in [9.17, 15) is 10.2 Å². The summed E-state index contributed by atoms with van der Waals surface area (Å²) in [6, 6.07) is 8.94. The molecular weight excluding hydrogens is 314 g/mol. The first-order valence-corrected chi connectivity index (χ1v) is 8.45. The Balaban J connectivity index is 2.29. The summed E-state index contributed by atoms with van der Waals surface area (Å²) in [5, 5.41) is 20.8. The predicted molar refractivity (Wildman–Crippen MR) is 100 cm³/mol. The van der Waals surface area contributed by atoms with Crippen LogP contribution in [0.4, 0.5) is 0 Å². The average Bonchev–Trinajstić information content (AvgIpc) is 2.90. The molecule has 2 aromatic carbocycles. The molecule has 0 aliphatic rings. The van der Waals surface area contributed by atoms with Crippen LogP contribution in [0.3, 0.4) is 0 Å². The van der Waals surface area contributed by atoms with Gasteiger partial charge in [-0.05, 0) is 35.1 Å². The molecule has 1 aromatic heterocycles. The summed E-state index contributed by atoms with van der Waals surface area (Å²) in [4.78, 5) is 4.46. The van der Waals surface area contributed by atoms with Crippen LogP contribution in [0.2, 0.25) is 0 Å². The zero-order valence-corrected chi connectivity index (χ0v) is 15.6. The van der Waals surface area contributed by atoms with E-state index in [4.69, 9.17) is 4.42 Å². The van der Waals surface area contributed by atoms with Crippen molar-refractivity contribution in [1.82, 2.24) is 4.98 Å². The lowest BCUT2D eigenvalue weighted by Gasteiger charge is -2.27. The van der Waals surface area contributed by atoms with E-state index >= 15 is 0 Å². The smallest absolute Gasteiger partial charge is 0.227 e. The number of phenolic OH excluding ortho intramolecular Hbond substituents is 2. The second kappa shape index (κ2) is 5.51. The highest BCUT2D eigenvalue weighted by Crippen LogP contribution is 2.42. The molecule has 0 saturated carbocycles. The van der Waals surface area contributed by atoms with Gasteiger partial charge in [-0.15, -0.1) is 0 Å². The van der Waals surface area contributed by atoms with Crippen LogP contribution in [-0.2, 0) is 10.8 Å². The van der Waals surface area contributed by atoms with E-state index in [1.807, 2.05) is 12.1 Å². The van der Waals surface area contributed by atoms with Crippen LogP contribution in [0.1, 0.15) is 52.7 Å². The Labute approximate surface area is 148 Å². The van der Waals surface area contributed by atoms with Gasteiger partial charge in [-0.1, -0.05) is 47.6 Å². The molecule has 4 heteroatoms. The topological polar surface area (TPSA) is 66.5 Å². The van der Waals surface area contributed by atoms with Crippen LogP contribution < -0.4 is 0 Å². The van der Waals surface area contributed by atoms with Gasteiger partial charge in [-0.2, -0.15) is 0 Å². The number of rotatable bonds is 1. The number of hydrogen-bond acceptors (Lipinski definition) is 4. The summed E-state index contributed by atoms with van der Waals surface area (Å²) in [5.74, 6) is 0.855. The first kappa shape index (κ1) is 17.3. The maximum absolute atomic E-state index is 10.8. The van der Waals surface area contributed by atoms with Crippen LogP contribution in [0.5, 0.6) is 11.5 Å². The van der Waals surface area contributed by atoms with E-state index in [1.165, 1.54) is 0 Å². The molecule has 0 atom stereocenters. The van der Waals surface area contributed by atoms with E-state index in [0.29, 0.717) is 22.7 Å². The molecule has 4 nitrogen and oxygen atoms in total. The van der Waals surface area contributed by atoms with Gasteiger partial charge >= 0.3 is 0 Å². The molecule has 3 rings (SSSR count). The van der Waals surface area contributed by atoms with E-state index in [-0.39, 0.29) is 16.6 Å². The molecule has 2 N–H and O–H groups in total. The van der Waals surface area contributed by atoms with Crippen molar-refractivity contribution in [1.29, 1.82) is 0 Å². The summed E-state index contributed by atoms with van der Waals surface area (Å²) in [5.41, 5.74) is 3.02. The molecule has 0 amide bonds. The number of nitrogens with zero attached hydrogens (tertiary/aromatic N) is 1. The summed E-state index contributed by atoms with van der Waals surface area (Å²) in [6.45, 7) is 12.4. The summed E-state index contributed by atoms with van der Waals surface area (Å²) in [7, 11) is 0. The molecule has 1 heterocycles. The van der Waals surface area contributed by atoms with E-state index in [0.717, 1.165) is 16.7 Å². The number of benzene rings is 2. The van der Waals surface area contributed by atoms with Crippen LogP contribution >= 0.6 is 0 Å². The third-order valence-corrected chi connectivity index (χ3v) is 4.37. The molecule has 132 valence electrons. The second-order valence-electron chi connectivity index (χ2n) is 8.56. The SMILES string of the molecule is CC(C)(C)c1cc(-c2nc3c(O)cccc3o2)cc(C(C)(C)C)c1O. The maximum atomic E-state index is 10.8. The van der Waals surface area contributed by atoms with Crippen molar-refractivity contribution in [2.45, 2.75) is 52.4 Å². The zero-order chi connectivity index (χ0) is 18.6. The minimum atomic E-state index is -0.228. The minimum Gasteiger partial charge on any atom is -0.507 e. The number of fused-ring (bicyclic) bond motifs is 1. The van der Waals surface area contributed by atoms with Crippen molar-refractivity contribution in [2.24, 2.45) is 0 Å². The molecule has 0 bridgehead atoms. The lowest BCUT2D eigenvalue weighted by molar-refractivity contribution is 0.423. The zero-order valence-electron chi connectivity index (χ0n) is 15.6. The van der Waals surface area contributed by atoms with Crippen LogP contribution in [-0.4, -0.2) is 15.2 Å². The monoisotopic (exact) mass is 339 g/mol. The van der Waals surface area contributed by atoms with Crippen molar-refractivity contribution >= 4 is 11.1 Å². The van der Waals surface area contributed by atoms with Gasteiger partial charge in [0.15, 0.2) is 11.1 Å². The molecule has 0 aliphatic heterocycles. The van der Waals surface area contributed by atoms with Crippen molar-refractivity contribution < 1.29 is 14.6 Å². The summed E-state index contributed by atoms with van der Waals surface area (Å²) in [6.07, 6.45) is 0. The maximum Gasteiger partial charge on any atom is 0.227 e. The fraction of sp³-hybridized carbons (Fsp3) is 0.381. The highest BCUT2D eigenvalue weighted by Gasteiger charge is 2.27. The second-order valence-corrected chi connectivity index (χ2v) is 8.56. The van der Waals surface area contributed by atoms with Crippen LogP contribution in [0, 0.1) is 0 Å². The standard InChI is InChI=1S/C21H25NO3/c1-20(2,3)13-10-12(11-14(18(13)24)21(4,5)6)19-22-17-15(23)8-7-9-16(17)25-19/h7-11,23-24H,1-6H3. The number of aromatic hydroxyl groups is 2. The molecular formula is C21H25NO3. The number of phenols is 2. The van der Waals surface area contributed by atoms with Crippen molar-refractivity contribution in [2.75, 3.05) is 0 Å². The van der Waals surface area contributed by atoms with Gasteiger partial charge in [0.1, 0.15) is 11.5 Å². The molecule has 0 unspecified atom stereocenters. The van der Waals surface area contributed by atoms with Gasteiger partial charge in [-0.25, -0.2) is 4.98 Å². The Morgan fingerprint density at radius 3 is 1.92 bits per heavy atom. The van der Waals surface area contributed by atoms with Gasteiger partial charge in [0.05, 0.1) is 0 Å². The number of oxazole rings is 1. The molecule has 0 saturated heterocycles. The van der Waals surface area contributed by atoms with Crippen molar-refractivity contribution in [3.8, 4) is 23.0 Å². The van der Waals surface area contributed by atoms with E-state index in [2.05, 4.69) is 46.5 Å². The number of hydrogen-bond donors (Lipinski definition) is 2. The fourth-order valence-electron chi connectivity index (χ4n) is 2.96. The van der Waals surface area contributed by atoms with Crippen molar-refractivity contribution in [3.63, 3.8) is 0 Å². The summed E-state index contributed by atoms with van der Waals surface area (Å²) < 4.78 is 5.86. The van der Waals surface area contributed by atoms with Gasteiger partial charge in [0, 0.05) is 16.7 Å². The Kier molecular flexibility index (Phi) is 3.82. The lowest BCUT2D eigenvalue weighted by Crippen LogP contribution is -2.17. The predicted octanol–water partition coefficient (Wildman–Crippen LogP) is 5.50. The highest BCUT2D eigenvalue weighted by molar-refractivity contribution is 5.82. The van der Waals surface area contributed by atoms with Crippen molar-refractivity contribution in [3.05, 3.63) is 41.5 Å². The first-order valence-electron chi connectivity index (χ1n) is 8.45. The molecule has 3 aromatic rings. The Bertz CT molecular complexity index is 905. The largest absolute Gasteiger partial charge is 0.507 e. The Hall–Kier alpha value is -2.49. The third-order valence-electron chi connectivity index (χ3n) is 4.37. The first-order chi connectivity index (χ1) is 11.5. The average molecular weight is 339 g/mol. The Morgan fingerprint density at radius 2 is 1.44 bits per heavy atom.